The highest BCUT2D eigenvalue weighted by molar-refractivity contribution is 5.88. The fourth-order valence-corrected chi connectivity index (χ4v) is 2.30. The first-order valence-corrected chi connectivity index (χ1v) is 6.11. The maximum absolute atomic E-state index is 5.79. The molecule has 0 unspecified atom stereocenters. The first kappa shape index (κ1) is 11.6. The molecule has 0 saturated heterocycles. The lowest BCUT2D eigenvalue weighted by molar-refractivity contribution is 1.06. The number of nitrogens with zero attached hydrogens (tertiary/aromatic N) is 3. The van der Waals surface area contributed by atoms with Crippen molar-refractivity contribution in [3.05, 3.63) is 47.9 Å². The summed E-state index contributed by atoms with van der Waals surface area (Å²) in [6.07, 6.45) is 1.80. The molecule has 2 heterocycles. The van der Waals surface area contributed by atoms with Gasteiger partial charge in [0.1, 0.15) is 11.6 Å². The van der Waals surface area contributed by atoms with E-state index in [0.717, 1.165) is 27.7 Å². The van der Waals surface area contributed by atoms with Crippen molar-refractivity contribution in [2.45, 2.75) is 13.8 Å². The molecule has 94 valence electrons. The number of nitrogens with two attached hydrogens (primary N) is 1. The van der Waals surface area contributed by atoms with E-state index in [-0.39, 0.29) is 0 Å². The van der Waals surface area contributed by atoms with Gasteiger partial charge >= 0.3 is 0 Å². The monoisotopic (exact) mass is 250 g/mol. The Morgan fingerprint density at radius 2 is 1.89 bits per heavy atom. The lowest BCUT2D eigenvalue weighted by Crippen LogP contribution is -1.98. The molecule has 0 bridgehead atoms. The molecule has 0 aliphatic rings. The van der Waals surface area contributed by atoms with Gasteiger partial charge in [-0.15, -0.1) is 0 Å². The normalized spacial score (nSPS) is 10.8. The second kappa shape index (κ2) is 4.31. The van der Waals surface area contributed by atoms with Gasteiger partial charge in [-0.3, -0.25) is 4.98 Å². The second-order valence-corrected chi connectivity index (χ2v) is 4.54. The van der Waals surface area contributed by atoms with Crippen molar-refractivity contribution in [1.82, 2.24) is 15.0 Å². The summed E-state index contributed by atoms with van der Waals surface area (Å²) in [5.74, 6) is 1.17. The minimum Gasteiger partial charge on any atom is -0.384 e. The summed E-state index contributed by atoms with van der Waals surface area (Å²) in [5.41, 5.74) is 9.78. The van der Waals surface area contributed by atoms with Crippen LogP contribution in [0.3, 0.4) is 0 Å². The fraction of sp³-hybridized carbons (Fsp3) is 0.133. The molecular formula is C15H14N4. The highest BCUT2D eigenvalue weighted by Gasteiger charge is 2.09. The average molecular weight is 250 g/mol. The Hall–Kier alpha value is -2.49. The lowest BCUT2D eigenvalue weighted by atomic mass is 10.0. The molecule has 4 heteroatoms. The first-order valence-electron chi connectivity index (χ1n) is 6.11. The Morgan fingerprint density at radius 3 is 2.68 bits per heavy atom. The summed E-state index contributed by atoms with van der Waals surface area (Å²) in [6, 6.07) is 9.90. The largest absolute Gasteiger partial charge is 0.384 e. The van der Waals surface area contributed by atoms with Crippen LogP contribution >= 0.6 is 0 Å². The van der Waals surface area contributed by atoms with Crippen LogP contribution in [0.1, 0.15) is 11.4 Å². The topological polar surface area (TPSA) is 64.7 Å². The molecule has 0 fully saturated rings. The Labute approximate surface area is 111 Å². The number of nitrogen functional groups attached to an aromatic ring is 1. The molecule has 0 radical (unpaired) electrons. The average Bonchev–Trinajstić information content (AvgIpc) is 2.38. The Kier molecular flexibility index (Phi) is 2.63. The molecule has 2 N–H and O–H groups in total. The number of pyridine rings is 1. The minimum atomic E-state index is 0.489. The molecule has 3 aromatic rings. The predicted molar refractivity (Wildman–Crippen MR) is 76.7 cm³/mol. The van der Waals surface area contributed by atoms with Crippen molar-refractivity contribution in [1.29, 1.82) is 0 Å². The van der Waals surface area contributed by atoms with Crippen LogP contribution in [0.5, 0.6) is 0 Å². The van der Waals surface area contributed by atoms with Gasteiger partial charge in [0, 0.05) is 23.2 Å². The Balaban J connectivity index is 2.28. The third kappa shape index (κ3) is 2.01. The molecule has 0 aliphatic heterocycles. The summed E-state index contributed by atoms with van der Waals surface area (Å²) in [7, 11) is 0. The van der Waals surface area contributed by atoms with Crippen molar-refractivity contribution in [2.24, 2.45) is 0 Å². The van der Waals surface area contributed by atoms with Crippen LogP contribution in [-0.4, -0.2) is 15.0 Å². The van der Waals surface area contributed by atoms with Gasteiger partial charge in [-0.1, -0.05) is 18.2 Å². The molecular weight excluding hydrogens is 236 g/mol. The number of fused-ring (bicyclic) bond motifs is 1. The third-order valence-electron chi connectivity index (χ3n) is 3.16. The van der Waals surface area contributed by atoms with E-state index in [0.29, 0.717) is 11.6 Å². The standard InChI is InChI=1S/C15H14N4/c1-9-12(13-8-14(16)19-10(2)18-13)6-5-11-4-3-7-17-15(9)11/h3-8H,1-2H3,(H2,16,18,19). The number of aromatic nitrogens is 3. The molecule has 0 aliphatic carbocycles. The molecule has 2 aromatic heterocycles. The zero-order chi connectivity index (χ0) is 13.4. The van der Waals surface area contributed by atoms with Crippen LogP contribution in [0.4, 0.5) is 5.82 Å². The zero-order valence-electron chi connectivity index (χ0n) is 10.9. The van der Waals surface area contributed by atoms with Crippen LogP contribution in [0.25, 0.3) is 22.2 Å². The minimum absolute atomic E-state index is 0.489. The quantitative estimate of drug-likeness (QED) is 0.721. The number of hydrogen-bond donors (Lipinski definition) is 1. The smallest absolute Gasteiger partial charge is 0.128 e. The van der Waals surface area contributed by atoms with Crippen molar-refractivity contribution in [3.63, 3.8) is 0 Å². The fourth-order valence-electron chi connectivity index (χ4n) is 2.30. The zero-order valence-corrected chi connectivity index (χ0v) is 10.9. The van der Waals surface area contributed by atoms with Gasteiger partial charge in [0.2, 0.25) is 0 Å². The van der Waals surface area contributed by atoms with Crippen LogP contribution in [0.15, 0.2) is 36.5 Å². The van der Waals surface area contributed by atoms with E-state index in [9.17, 15) is 0 Å². The predicted octanol–water partition coefficient (Wildman–Crippen LogP) is 2.89. The van der Waals surface area contributed by atoms with Gasteiger partial charge in [0.05, 0.1) is 11.2 Å². The van der Waals surface area contributed by atoms with Gasteiger partial charge < -0.3 is 5.73 Å². The van der Waals surface area contributed by atoms with Gasteiger partial charge in [-0.05, 0) is 25.5 Å². The molecule has 0 spiro atoms. The number of benzene rings is 1. The van der Waals surface area contributed by atoms with E-state index in [1.54, 1.807) is 12.3 Å². The molecule has 19 heavy (non-hydrogen) atoms. The van der Waals surface area contributed by atoms with Gasteiger partial charge in [0.25, 0.3) is 0 Å². The molecule has 3 rings (SSSR count). The van der Waals surface area contributed by atoms with E-state index < -0.39 is 0 Å². The molecule has 0 saturated carbocycles. The van der Waals surface area contributed by atoms with Gasteiger partial charge in [-0.2, -0.15) is 0 Å². The Morgan fingerprint density at radius 1 is 1.05 bits per heavy atom. The van der Waals surface area contributed by atoms with Crippen LogP contribution in [-0.2, 0) is 0 Å². The maximum atomic E-state index is 5.79. The lowest BCUT2D eigenvalue weighted by Gasteiger charge is -2.09. The van der Waals surface area contributed by atoms with E-state index in [2.05, 4.69) is 40.1 Å². The van der Waals surface area contributed by atoms with Crippen molar-refractivity contribution < 1.29 is 0 Å². The highest BCUT2D eigenvalue weighted by Crippen LogP contribution is 2.27. The van der Waals surface area contributed by atoms with Crippen LogP contribution in [0, 0.1) is 13.8 Å². The summed E-state index contributed by atoms with van der Waals surface area (Å²) in [4.78, 5) is 13.0. The summed E-state index contributed by atoms with van der Waals surface area (Å²) >= 11 is 0. The van der Waals surface area contributed by atoms with E-state index >= 15 is 0 Å². The van der Waals surface area contributed by atoms with Gasteiger partial charge in [-0.25, -0.2) is 9.97 Å². The first-order chi connectivity index (χ1) is 9.15. The SMILES string of the molecule is Cc1nc(N)cc(-c2ccc3cccnc3c2C)n1. The number of hydrogen-bond acceptors (Lipinski definition) is 4. The number of anilines is 1. The molecule has 4 nitrogen and oxygen atoms in total. The van der Waals surface area contributed by atoms with Crippen molar-refractivity contribution in [3.8, 4) is 11.3 Å². The van der Waals surface area contributed by atoms with Gasteiger partial charge in [0.15, 0.2) is 0 Å². The van der Waals surface area contributed by atoms with E-state index in [1.165, 1.54) is 0 Å². The molecule has 0 amide bonds. The molecule has 1 aromatic carbocycles. The van der Waals surface area contributed by atoms with E-state index in [1.807, 2.05) is 13.0 Å². The Bertz CT molecular complexity index is 745. The van der Waals surface area contributed by atoms with E-state index in [4.69, 9.17) is 5.73 Å². The summed E-state index contributed by atoms with van der Waals surface area (Å²) in [5, 5.41) is 1.13. The summed E-state index contributed by atoms with van der Waals surface area (Å²) in [6.45, 7) is 3.90. The number of aryl methyl sites for hydroxylation is 2. The summed E-state index contributed by atoms with van der Waals surface area (Å²) < 4.78 is 0. The maximum Gasteiger partial charge on any atom is 0.128 e. The second-order valence-electron chi connectivity index (χ2n) is 4.54. The van der Waals surface area contributed by atoms with Crippen LogP contribution in [0.2, 0.25) is 0 Å². The highest BCUT2D eigenvalue weighted by atomic mass is 14.9. The third-order valence-corrected chi connectivity index (χ3v) is 3.16. The number of rotatable bonds is 1. The molecule has 0 atom stereocenters. The van der Waals surface area contributed by atoms with Crippen LogP contribution < -0.4 is 5.73 Å². The van der Waals surface area contributed by atoms with Crippen molar-refractivity contribution in [2.75, 3.05) is 5.73 Å². The van der Waals surface area contributed by atoms with Crippen molar-refractivity contribution >= 4 is 16.7 Å².